The number of rotatable bonds is 6. The van der Waals surface area contributed by atoms with Crippen molar-refractivity contribution in [2.24, 2.45) is 5.14 Å². The van der Waals surface area contributed by atoms with Crippen LogP contribution < -0.4 is 5.14 Å². The molecule has 2 aromatic carbocycles. The minimum absolute atomic E-state index is 0.119. The lowest BCUT2D eigenvalue weighted by molar-refractivity contribution is -0.00548. The van der Waals surface area contributed by atoms with Crippen LogP contribution in [-0.4, -0.2) is 53.9 Å². The maximum atomic E-state index is 14.9. The lowest BCUT2D eigenvalue weighted by Gasteiger charge is -2.32. The minimum Gasteiger partial charge on any atom is -0.379 e. The van der Waals surface area contributed by atoms with Gasteiger partial charge in [-0.2, -0.15) is 0 Å². The van der Waals surface area contributed by atoms with E-state index in [2.05, 4.69) is 16.9 Å². The van der Waals surface area contributed by atoms with Gasteiger partial charge in [0, 0.05) is 19.0 Å². The molecule has 1 aliphatic heterocycles. The molecule has 1 fully saturated rings. The van der Waals surface area contributed by atoms with E-state index in [1.165, 1.54) is 16.8 Å². The highest BCUT2D eigenvalue weighted by Crippen LogP contribution is 2.21. The third-order valence-corrected chi connectivity index (χ3v) is 6.40. The fraction of sp³-hybridized carbons (Fsp3) is 0.364. The van der Waals surface area contributed by atoms with E-state index in [1.54, 1.807) is 0 Å². The predicted octanol–water partition coefficient (Wildman–Crippen LogP) is 2.17. The van der Waals surface area contributed by atoms with E-state index < -0.39 is 15.8 Å². The number of primary sulfonamides is 1. The molecule has 1 aromatic heterocycles. The Morgan fingerprint density at radius 3 is 2.75 bits per heavy atom. The van der Waals surface area contributed by atoms with Crippen molar-refractivity contribution in [2.75, 3.05) is 19.8 Å². The Morgan fingerprint density at radius 2 is 2.06 bits per heavy atom. The van der Waals surface area contributed by atoms with Gasteiger partial charge < -0.3 is 4.74 Å². The first-order chi connectivity index (χ1) is 15.2. The van der Waals surface area contributed by atoms with Crippen LogP contribution in [0.5, 0.6) is 0 Å². The number of halogens is 1. The number of hydrogen-bond acceptors (Lipinski definition) is 6. The third kappa shape index (κ3) is 5.04. The molecule has 10 heteroatoms. The van der Waals surface area contributed by atoms with E-state index in [-0.39, 0.29) is 16.6 Å². The summed E-state index contributed by atoms with van der Waals surface area (Å²) in [5, 5.41) is 9.72. The molecule has 1 atom stereocenters. The van der Waals surface area contributed by atoms with Gasteiger partial charge in [0.15, 0.2) is 5.82 Å². The molecule has 32 heavy (non-hydrogen) atoms. The Kier molecular flexibility index (Phi) is 6.38. The Bertz CT molecular complexity index is 1230. The molecule has 2 N–H and O–H groups in total. The molecule has 3 aromatic rings. The highest BCUT2D eigenvalue weighted by Gasteiger charge is 2.23. The lowest BCUT2D eigenvalue weighted by atomic mass is 10.1. The monoisotopic (exact) mass is 459 g/mol. The third-order valence-electron chi connectivity index (χ3n) is 5.49. The summed E-state index contributed by atoms with van der Waals surface area (Å²) in [7, 11) is -4.01. The van der Waals surface area contributed by atoms with Crippen molar-refractivity contribution in [1.29, 1.82) is 0 Å². The molecule has 0 unspecified atom stereocenters. The number of aromatic nitrogens is 3. The van der Waals surface area contributed by atoms with Gasteiger partial charge in [-0.1, -0.05) is 29.8 Å². The molecule has 4 rings (SSSR count). The second-order valence-corrected chi connectivity index (χ2v) is 9.64. The Hall–Kier alpha value is -2.66. The summed E-state index contributed by atoms with van der Waals surface area (Å²) in [5.74, 6) is 0.392. The van der Waals surface area contributed by atoms with Crippen molar-refractivity contribution < 1.29 is 17.5 Å². The average Bonchev–Trinajstić information content (AvgIpc) is 3.11. The summed E-state index contributed by atoms with van der Waals surface area (Å²) in [6, 6.07) is 11.8. The summed E-state index contributed by atoms with van der Waals surface area (Å²) < 4.78 is 45.1. The maximum Gasteiger partial charge on any atom is 0.238 e. The highest BCUT2D eigenvalue weighted by molar-refractivity contribution is 7.89. The second kappa shape index (κ2) is 9.07. The van der Waals surface area contributed by atoms with Crippen molar-refractivity contribution in [2.45, 2.75) is 37.8 Å². The minimum atomic E-state index is -4.01. The molecule has 1 saturated heterocycles. The van der Waals surface area contributed by atoms with E-state index in [4.69, 9.17) is 14.9 Å². The largest absolute Gasteiger partial charge is 0.379 e. The van der Waals surface area contributed by atoms with E-state index in [0.717, 1.165) is 23.7 Å². The van der Waals surface area contributed by atoms with Gasteiger partial charge in [0.2, 0.25) is 10.0 Å². The first-order valence-electron chi connectivity index (χ1n) is 10.4. The fourth-order valence-electron chi connectivity index (χ4n) is 3.79. The molecule has 0 spiro atoms. The van der Waals surface area contributed by atoms with Crippen LogP contribution in [0.2, 0.25) is 0 Å². The molecule has 0 saturated carbocycles. The number of benzene rings is 2. The normalized spacial score (nSPS) is 17.6. The zero-order valence-corrected chi connectivity index (χ0v) is 18.8. The average molecular weight is 460 g/mol. The predicted molar refractivity (Wildman–Crippen MR) is 117 cm³/mol. The molecule has 8 nitrogen and oxygen atoms in total. The standard InChI is InChI=1S/C22H26FN5O3S/c1-15-4-3-5-17(10-15)11-22-25-21(13-27-8-9-31-14-16(27)2)26-28(22)20-7-6-18(12-19(20)23)32(24,29)30/h3-7,10,12,16H,8-9,11,13-14H2,1-2H3,(H2,24,29,30)/t16-/m0/s1. The first kappa shape index (κ1) is 22.5. The zero-order valence-electron chi connectivity index (χ0n) is 18.0. The summed E-state index contributed by atoms with van der Waals surface area (Å²) >= 11 is 0. The number of hydrogen-bond donors (Lipinski definition) is 1. The topological polar surface area (TPSA) is 103 Å². The Balaban J connectivity index is 1.73. The number of morpholine rings is 1. The maximum absolute atomic E-state index is 14.9. The molecule has 170 valence electrons. The second-order valence-electron chi connectivity index (χ2n) is 8.07. The summed E-state index contributed by atoms with van der Waals surface area (Å²) in [6.45, 7) is 6.64. The SMILES string of the molecule is Cc1cccc(Cc2nc(CN3CCOC[C@@H]3C)nn2-c2ccc(S(N)(=O)=O)cc2F)c1. The fourth-order valence-corrected chi connectivity index (χ4v) is 4.31. The number of nitrogens with two attached hydrogens (primary N) is 1. The number of nitrogens with zero attached hydrogens (tertiary/aromatic N) is 4. The van der Waals surface area contributed by atoms with Crippen molar-refractivity contribution in [3.63, 3.8) is 0 Å². The van der Waals surface area contributed by atoms with Gasteiger partial charge >= 0.3 is 0 Å². The van der Waals surface area contributed by atoms with Gasteiger partial charge in [0.1, 0.15) is 17.3 Å². The van der Waals surface area contributed by atoms with Crippen LogP contribution in [0.3, 0.4) is 0 Å². The van der Waals surface area contributed by atoms with Gasteiger partial charge in [-0.3, -0.25) is 4.90 Å². The van der Waals surface area contributed by atoms with Gasteiger partial charge in [-0.25, -0.2) is 27.6 Å². The smallest absolute Gasteiger partial charge is 0.238 e. The van der Waals surface area contributed by atoms with Crippen LogP contribution in [0.1, 0.15) is 29.7 Å². The Labute approximate surface area is 186 Å². The summed E-state index contributed by atoms with van der Waals surface area (Å²) in [5.41, 5.74) is 2.25. The quantitative estimate of drug-likeness (QED) is 0.606. The highest BCUT2D eigenvalue weighted by atomic mass is 32.2. The first-order valence-corrected chi connectivity index (χ1v) is 11.9. The molecule has 0 radical (unpaired) electrons. The number of aryl methyl sites for hydroxylation is 1. The van der Waals surface area contributed by atoms with Crippen molar-refractivity contribution in [3.8, 4) is 5.69 Å². The van der Waals surface area contributed by atoms with Crippen LogP contribution in [0.4, 0.5) is 4.39 Å². The van der Waals surface area contributed by atoms with Crippen LogP contribution in [0, 0.1) is 12.7 Å². The van der Waals surface area contributed by atoms with Gasteiger partial charge in [0.05, 0.1) is 24.7 Å². The van der Waals surface area contributed by atoms with Gasteiger partial charge in [0.25, 0.3) is 0 Å². The molecular weight excluding hydrogens is 433 g/mol. The Morgan fingerprint density at radius 1 is 1.25 bits per heavy atom. The van der Waals surface area contributed by atoms with Crippen LogP contribution in [0.25, 0.3) is 5.69 Å². The van der Waals surface area contributed by atoms with Crippen molar-refractivity contribution in [1.82, 2.24) is 19.7 Å². The van der Waals surface area contributed by atoms with Crippen LogP contribution in [0.15, 0.2) is 47.4 Å². The van der Waals surface area contributed by atoms with Crippen molar-refractivity contribution >= 4 is 10.0 Å². The molecule has 0 aliphatic carbocycles. The van der Waals surface area contributed by atoms with E-state index in [1.807, 2.05) is 31.2 Å². The van der Waals surface area contributed by atoms with E-state index in [9.17, 15) is 12.8 Å². The van der Waals surface area contributed by atoms with Crippen molar-refractivity contribution in [3.05, 3.63) is 71.1 Å². The zero-order chi connectivity index (χ0) is 22.9. The molecule has 2 heterocycles. The van der Waals surface area contributed by atoms with Gasteiger partial charge in [-0.15, -0.1) is 5.10 Å². The van der Waals surface area contributed by atoms with E-state index >= 15 is 0 Å². The summed E-state index contributed by atoms with van der Waals surface area (Å²) in [4.78, 5) is 6.64. The molecule has 0 bridgehead atoms. The number of ether oxygens (including phenoxy) is 1. The van der Waals surface area contributed by atoms with Crippen LogP contribution >= 0.6 is 0 Å². The molecule has 0 amide bonds. The lowest BCUT2D eigenvalue weighted by Crippen LogP contribution is -2.43. The van der Waals surface area contributed by atoms with E-state index in [0.29, 0.717) is 37.8 Å². The summed E-state index contributed by atoms with van der Waals surface area (Å²) in [6.07, 6.45) is 0.448. The molecule has 1 aliphatic rings. The molecular formula is C22H26FN5O3S. The number of sulfonamides is 1. The van der Waals surface area contributed by atoms with Crippen LogP contribution in [-0.2, 0) is 27.7 Å². The van der Waals surface area contributed by atoms with Gasteiger partial charge in [-0.05, 0) is 37.6 Å².